The Balaban J connectivity index is 1.49. The number of halogens is 1. The molecule has 1 saturated heterocycles. The zero-order valence-corrected chi connectivity index (χ0v) is 20.1. The Morgan fingerprint density at radius 3 is 2.73 bits per heavy atom. The van der Waals surface area contributed by atoms with Crippen molar-refractivity contribution in [2.45, 2.75) is 51.4 Å². The first-order valence-electron chi connectivity index (χ1n) is 12.0. The lowest BCUT2D eigenvalue weighted by Gasteiger charge is -2.34. The summed E-state index contributed by atoms with van der Waals surface area (Å²) in [5.74, 6) is 0.284. The van der Waals surface area contributed by atoms with Crippen LogP contribution in [0.15, 0.2) is 30.9 Å². The van der Waals surface area contributed by atoms with Crippen LogP contribution in [0.25, 0.3) is 10.9 Å². The molecule has 2 aromatic rings. The van der Waals surface area contributed by atoms with Gasteiger partial charge in [0.25, 0.3) is 5.91 Å². The van der Waals surface area contributed by atoms with Crippen LogP contribution < -0.4 is 0 Å². The number of hydrogen-bond acceptors (Lipinski definition) is 4. The van der Waals surface area contributed by atoms with Crippen LogP contribution >= 0.6 is 11.6 Å². The first kappa shape index (κ1) is 23.6. The number of carbonyl (C=O) groups is 2. The van der Waals surface area contributed by atoms with Gasteiger partial charge in [-0.3, -0.25) is 9.78 Å². The van der Waals surface area contributed by atoms with Crippen molar-refractivity contribution in [2.24, 2.45) is 0 Å². The largest absolute Gasteiger partial charge is 0.449 e. The molecule has 7 heteroatoms. The number of aromatic nitrogens is 1. The number of piperazine rings is 1. The van der Waals surface area contributed by atoms with E-state index in [9.17, 15) is 9.59 Å². The Labute approximate surface area is 200 Å². The fourth-order valence-electron chi connectivity index (χ4n) is 4.75. The van der Waals surface area contributed by atoms with Crippen molar-refractivity contribution in [3.05, 3.63) is 52.7 Å². The van der Waals surface area contributed by atoms with Gasteiger partial charge >= 0.3 is 6.09 Å². The number of carbonyl (C=O) groups excluding carboxylic acids is 2. The number of allylic oxidation sites excluding steroid dienone is 1. The van der Waals surface area contributed by atoms with Crippen LogP contribution in [0.2, 0.25) is 5.02 Å². The third-order valence-electron chi connectivity index (χ3n) is 6.66. The Morgan fingerprint density at radius 2 is 2.00 bits per heavy atom. The zero-order chi connectivity index (χ0) is 23.4. The molecule has 0 N–H and O–H groups in total. The van der Waals surface area contributed by atoms with Crippen molar-refractivity contribution >= 4 is 34.5 Å². The maximum atomic E-state index is 13.2. The lowest BCUT2D eigenvalue weighted by Crippen LogP contribution is -2.50. The smallest absolute Gasteiger partial charge is 0.409 e. The van der Waals surface area contributed by atoms with Gasteiger partial charge in [-0.15, -0.1) is 6.58 Å². The average molecular weight is 470 g/mol. The molecule has 0 spiro atoms. The second kappa shape index (κ2) is 10.6. The van der Waals surface area contributed by atoms with Crippen LogP contribution in [0.1, 0.15) is 66.6 Å². The van der Waals surface area contributed by atoms with E-state index >= 15 is 0 Å². The molecule has 2 heterocycles. The molecule has 2 aliphatic rings. The molecule has 0 radical (unpaired) electrons. The third-order valence-corrected chi connectivity index (χ3v) is 7.09. The summed E-state index contributed by atoms with van der Waals surface area (Å²) in [7, 11) is 0. The van der Waals surface area contributed by atoms with E-state index in [-0.39, 0.29) is 12.0 Å². The van der Waals surface area contributed by atoms with Gasteiger partial charge < -0.3 is 14.5 Å². The molecule has 1 aliphatic heterocycles. The number of ether oxygens (including phenoxy) is 1. The van der Waals surface area contributed by atoms with E-state index < -0.39 is 0 Å². The molecule has 6 nitrogen and oxygen atoms in total. The maximum absolute atomic E-state index is 13.2. The van der Waals surface area contributed by atoms with Gasteiger partial charge in [0.05, 0.1) is 17.1 Å². The van der Waals surface area contributed by atoms with Crippen molar-refractivity contribution < 1.29 is 14.3 Å². The molecule has 176 valence electrons. The molecule has 1 fully saturated rings. The SMILES string of the molecule is C=CCC1CCCc2c1nc1cc(C(=O)N3CCN(C(=O)OCCCC)CC3)ccc1c2Cl. The second-order valence-corrected chi connectivity index (χ2v) is 9.26. The standard InChI is InChI=1S/C26H32ClN3O3/c1-3-5-16-33-26(32)30-14-12-29(13-15-30)25(31)19-10-11-20-22(17-19)28-24-18(7-4-2)8-6-9-21(24)23(20)27/h4,10-11,17-18H,2-3,5-9,12-16H2,1H3. The lowest BCUT2D eigenvalue weighted by atomic mass is 9.84. The summed E-state index contributed by atoms with van der Waals surface area (Å²) < 4.78 is 5.29. The highest BCUT2D eigenvalue weighted by Gasteiger charge is 2.27. The number of pyridine rings is 1. The van der Waals surface area contributed by atoms with Crippen LogP contribution in [0.3, 0.4) is 0 Å². The Hall–Kier alpha value is -2.60. The van der Waals surface area contributed by atoms with E-state index in [1.165, 1.54) is 0 Å². The van der Waals surface area contributed by atoms with Crippen LogP contribution in [0, 0.1) is 0 Å². The topological polar surface area (TPSA) is 62.7 Å². The van der Waals surface area contributed by atoms with Gasteiger partial charge in [-0.25, -0.2) is 4.79 Å². The second-order valence-electron chi connectivity index (χ2n) is 8.88. The van der Waals surface area contributed by atoms with Gasteiger partial charge in [-0.1, -0.05) is 37.1 Å². The van der Waals surface area contributed by atoms with Crippen molar-refractivity contribution in [3.8, 4) is 0 Å². The summed E-state index contributed by atoms with van der Waals surface area (Å²) in [5.41, 5.74) is 3.56. The molecule has 1 aromatic carbocycles. The number of unbranched alkanes of at least 4 members (excludes halogenated alkanes) is 1. The van der Waals surface area contributed by atoms with Crippen molar-refractivity contribution in [1.82, 2.24) is 14.8 Å². The van der Waals surface area contributed by atoms with Crippen molar-refractivity contribution in [1.29, 1.82) is 0 Å². The number of amides is 2. The molecule has 1 unspecified atom stereocenters. The van der Waals surface area contributed by atoms with E-state index in [0.29, 0.717) is 44.3 Å². The number of rotatable bonds is 6. The average Bonchev–Trinajstić information content (AvgIpc) is 2.84. The molecule has 2 amide bonds. The van der Waals surface area contributed by atoms with Gasteiger partial charge in [-0.05, 0) is 49.8 Å². The third kappa shape index (κ3) is 5.01. The molecule has 4 rings (SSSR count). The zero-order valence-electron chi connectivity index (χ0n) is 19.3. The van der Waals surface area contributed by atoms with Crippen LogP contribution in [-0.4, -0.2) is 59.6 Å². The number of nitrogens with zero attached hydrogens (tertiary/aromatic N) is 3. The molecule has 1 aliphatic carbocycles. The summed E-state index contributed by atoms with van der Waals surface area (Å²) in [5, 5.41) is 1.66. The van der Waals surface area contributed by atoms with E-state index in [1.54, 1.807) is 9.80 Å². The van der Waals surface area contributed by atoms with Gasteiger partial charge in [0.15, 0.2) is 0 Å². The quantitative estimate of drug-likeness (QED) is 0.409. The minimum Gasteiger partial charge on any atom is -0.449 e. The number of fused-ring (bicyclic) bond motifs is 2. The van der Waals surface area contributed by atoms with Gasteiger partial charge in [0.1, 0.15) is 0 Å². The van der Waals surface area contributed by atoms with Gasteiger partial charge in [0.2, 0.25) is 0 Å². The minimum atomic E-state index is -0.293. The molecule has 33 heavy (non-hydrogen) atoms. The summed E-state index contributed by atoms with van der Waals surface area (Å²) in [6.07, 6.45) is 7.51. The van der Waals surface area contributed by atoms with Gasteiger partial charge in [0, 0.05) is 48.7 Å². The van der Waals surface area contributed by atoms with Crippen LogP contribution in [0.5, 0.6) is 0 Å². The summed E-state index contributed by atoms with van der Waals surface area (Å²) >= 11 is 6.79. The highest BCUT2D eigenvalue weighted by Crippen LogP contribution is 2.39. The monoisotopic (exact) mass is 469 g/mol. The highest BCUT2D eigenvalue weighted by atomic mass is 35.5. The fourth-order valence-corrected chi connectivity index (χ4v) is 5.10. The predicted octanol–water partition coefficient (Wildman–Crippen LogP) is 5.58. The molecule has 0 saturated carbocycles. The van der Waals surface area contributed by atoms with Crippen molar-refractivity contribution in [2.75, 3.05) is 32.8 Å². The summed E-state index contributed by atoms with van der Waals surface area (Å²) in [6, 6.07) is 5.60. The minimum absolute atomic E-state index is 0.0471. The molecule has 1 aromatic heterocycles. The Bertz CT molecular complexity index is 1050. The molecular formula is C26H32ClN3O3. The van der Waals surface area contributed by atoms with E-state index in [2.05, 4.69) is 13.5 Å². The molecule has 1 atom stereocenters. The first-order chi connectivity index (χ1) is 16.0. The highest BCUT2D eigenvalue weighted by molar-refractivity contribution is 6.36. The van der Waals surface area contributed by atoms with E-state index in [1.807, 2.05) is 24.3 Å². The van der Waals surface area contributed by atoms with Gasteiger partial charge in [-0.2, -0.15) is 0 Å². The maximum Gasteiger partial charge on any atom is 0.409 e. The normalized spacial score (nSPS) is 18.2. The van der Waals surface area contributed by atoms with Crippen LogP contribution in [-0.2, 0) is 11.2 Å². The van der Waals surface area contributed by atoms with E-state index in [0.717, 1.165) is 65.7 Å². The Morgan fingerprint density at radius 1 is 1.24 bits per heavy atom. The predicted molar refractivity (Wildman–Crippen MR) is 131 cm³/mol. The van der Waals surface area contributed by atoms with Crippen molar-refractivity contribution in [3.63, 3.8) is 0 Å². The van der Waals surface area contributed by atoms with Crippen LogP contribution in [0.4, 0.5) is 4.79 Å². The summed E-state index contributed by atoms with van der Waals surface area (Å²) in [6.45, 7) is 8.32. The van der Waals surface area contributed by atoms with E-state index in [4.69, 9.17) is 21.3 Å². The fraction of sp³-hybridized carbons (Fsp3) is 0.500. The summed E-state index contributed by atoms with van der Waals surface area (Å²) in [4.78, 5) is 33.8. The number of hydrogen-bond donors (Lipinski definition) is 0. The molecular weight excluding hydrogens is 438 g/mol. The number of benzene rings is 1. The molecule has 0 bridgehead atoms. The first-order valence-corrected chi connectivity index (χ1v) is 12.3. The lowest BCUT2D eigenvalue weighted by molar-refractivity contribution is 0.0558. The Kier molecular flexibility index (Phi) is 7.53.